The van der Waals surface area contributed by atoms with Crippen LogP contribution in [0.3, 0.4) is 0 Å². The average Bonchev–Trinajstić information content (AvgIpc) is 2.87. The highest BCUT2D eigenvalue weighted by Crippen LogP contribution is 2.28. The van der Waals surface area contributed by atoms with Crippen molar-refractivity contribution in [1.29, 1.82) is 0 Å². The molecule has 0 saturated heterocycles. The number of nitrogens with one attached hydrogen (secondary N) is 1. The molecular formula is C17H16N2O2. The number of pyridine rings is 1. The van der Waals surface area contributed by atoms with Gasteiger partial charge in [-0.05, 0) is 42.2 Å². The van der Waals surface area contributed by atoms with Gasteiger partial charge in [-0.15, -0.1) is 0 Å². The second-order valence-electron chi connectivity index (χ2n) is 5.35. The van der Waals surface area contributed by atoms with Gasteiger partial charge < -0.3 is 5.32 Å². The molecule has 0 aliphatic heterocycles. The Morgan fingerprint density at radius 2 is 2.10 bits per heavy atom. The molecular weight excluding hydrogens is 264 g/mol. The third kappa shape index (κ3) is 2.70. The van der Waals surface area contributed by atoms with Crippen LogP contribution in [0.4, 0.5) is 0 Å². The van der Waals surface area contributed by atoms with Crippen molar-refractivity contribution in [3.63, 3.8) is 0 Å². The van der Waals surface area contributed by atoms with Crippen molar-refractivity contribution in [1.82, 2.24) is 10.3 Å². The lowest BCUT2D eigenvalue weighted by Crippen LogP contribution is -2.33. The Morgan fingerprint density at radius 3 is 2.86 bits per heavy atom. The second kappa shape index (κ2) is 5.48. The standard InChI is InChI=1S/C17H16N2O2/c1-11(21)19-16-8-12-4-5-13(7-15(12)9-16)17-14(10-20)3-2-6-18-17/h2-7,10,16H,8-9H2,1H3,(H,19,21). The van der Waals surface area contributed by atoms with Gasteiger partial charge in [0.1, 0.15) is 0 Å². The van der Waals surface area contributed by atoms with E-state index in [2.05, 4.69) is 22.4 Å². The minimum atomic E-state index is 0.000923. The highest BCUT2D eigenvalue weighted by Gasteiger charge is 2.22. The Hall–Kier alpha value is -2.49. The first kappa shape index (κ1) is 13.5. The van der Waals surface area contributed by atoms with Crippen LogP contribution in [0.2, 0.25) is 0 Å². The fraction of sp³-hybridized carbons (Fsp3) is 0.235. The number of fused-ring (bicyclic) bond motifs is 1. The van der Waals surface area contributed by atoms with Crippen LogP contribution in [0, 0.1) is 0 Å². The van der Waals surface area contributed by atoms with Gasteiger partial charge in [0.2, 0.25) is 5.91 Å². The van der Waals surface area contributed by atoms with E-state index in [4.69, 9.17) is 0 Å². The lowest BCUT2D eigenvalue weighted by atomic mass is 10.0. The number of carbonyl (C=O) groups is 2. The largest absolute Gasteiger partial charge is 0.353 e. The molecule has 106 valence electrons. The van der Waals surface area contributed by atoms with Crippen molar-refractivity contribution in [3.05, 3.63) is 53.2 Å². The molecule has 4 heteroatoms. The van der Waals surface area contributed by atoms with E-state index < -0.39 is 0 Å². The first-order chi connectivity index (χ1) is 10.2. The molecule has 1 N–H and O–H groups in total. The zero-order valence-corrected chi connectivity index (χ0v) is 11.8. The number of benzene rings is 1. The summed E-state index contributed by atoms with van der Waals surface area (Å²) in [4.78, 5) is 26.6. The third-order valence-corrected chi connectivity index (χ3v) is 3.79. The molecule has 0 spiro atoms. The first-order valence-electron chi connectivity index (χ1n) is 6.97. The summed E-state index contributed by atoms with van der Waals surface area (Å²) in [5, 5.41) is 2.96. The van der Waals surface area contributed by atoms with Gasteiger partial charge in [-0.1, -0.05) is 12.1 Å². The SMILES string of the molecule is CC(=O)NC1Cc2ccc(-c3ncccc3C=O)cc2C1. The van der Waals surface area contributed by atoms with Crippen molar-refractivity contribution in [2.24, 2.45) is 0 Å². The number of rotatable bonds is 3. The summed E-state index contributed by atoms with van der Waals surface area (Å²) < 4.78 is 0. The van der Waals surface area contributed by atoms with Gasteiger partial charge in [0.25, 0.3) is 0 Å². The lowest BCUT2D eigenvalue weighted by Gasteiger charge is -2.08. The second-order valence-corrected chi connectivity index (χ2v) is 5.35. The maximum Gasteiger partial charge on any atom is 0.217 e. The molecule has 2 aromatic rings. The third-order valence-electron chi connectivity index (χ3n) is 3.79. The molecule has 0 saturated carbocycles. The van der Waals surface area contributed by atoms with Gasteiger partial charge in [-0.3, -0.25) is 14.6 Å². The van der Waals surface area contributed by atoms with Crippen LogP contribution in [0.15, 0.2) is 36.5 Å². The summed E-state index contributed by atoms with van der Waals surface area (Å²) >= 11 is 0. The van der Waals surface area contributed by atoms with Gasteiger partial charge in [0.15, 0.2) is 6.29 Å². The first-order valence-corrected chi connectivity index (χ1v) is 6.97. The predicted octanol–water partition coefficient (Wildman–Crippen LogP) is 2.16. The molecule has 0 bridgehead atoms. The van der Waals surface area contributed by atoms with E-state index in [0.717, 1.165) is 24.7 Å². The number of amides is 1. The van der Waals surface area contributed by atoms with Crippen LogP contribution >= 0.6 is 0 Å². The molecule has 1 amide bonds. The topological polar surface area (TPSA) is 59.1 Å². The number of aldehydes is 1. The van der Waals surface area contributed by atoms with E-state index >= 15 is 0 Å². The van der Waals surface area contributed by atoms with Gasteiger partial charge in [0.05, 0.1) is 5.69 Å². The Kier molecular flexibility index (Phi) is 3.52. The van der Waals surface area contributed by atoms with Crippen LogP contribution in [-0.2, 0) is 17.6 Å². The maximum absolute atomic E-state index is 11.2. The summed E-state index contributed by atoms with van der Waals surface area (Å²) in [7, 11) is 0. The van der Waals surface area contributed by atoms with Crippen molar-refractivity contribution in [2.75, 3.05) is 0 Å². The quantitative estimate of drug-likeness (QED) is 0.877. The summed E-state index contributed by atoms with van der Waals surface area (Å²) in [5.41, 5.74) is 4.71. The van der Waals surface area contributed by atoms with Crippen LogP contribution in [0.25, 0.3) is 11.3 Å². The van der Waals surface area contributed by atoms with Crippen LogP contribution < -0.4 is 5.32 Å². The molecule has 1 aromatic heterocycles. The summed E-state index contributed by atoms with van der Waals surface area (Å²) in [6.07, 6.45) is 4.20. The van der Waals surface area contributed by atoms with Crippen LogP contribution in [-0.4, -0.2) is 23.2 Å². The number of aromatic nitrogens is 1. The number of hydrogen-bond donors (Lipinski definition) is 1. The highest BCUT2D eigenvalue weighted by atomic mass is 16.1. The van der Waals surface area contributed by atoms with Crippen molar-refractivity contribution < 1.29 is 9.59 Å². The number of hydrogen-bond acceptors (Lipinski definition) is 3. The number of nitrogens with zero attached hydrogens (tertiary/aromatic N) is 1. The summed E-state index contributed by atoms with van der Waals surface area (Å²) in [6, 6.07) is 9.82. The Morgan fingerprint density at radius 1 is 1.29 bits per heavy atom. The van der Waals surface area contributed by atoms with Crippen LogP contribution in [0.5, 0.6) is 0 Å². The molecule has 1 atom stereocenters. The lowest BCUT2D eigenvalue weighted by molar-refractivity contribution is -0.119. The molecule has 3 rings (SSSR count). The molecule has 1 heterocycles. The molecule has 1 aliphatic carbocycles. The Bertz CT molecular complexity index is 710. The fourth-order valence-corrected chi connectivity index (χ4v) is 2.91. The fourth-order valence-electron chi connectivity index (χ4n) is 2.91. The monoisotopic (exact) mass is 280 g/mol. The zero-order chi connectivity index (χ0) is 14.8. The summed E-state index contributed by atoms with van der Waals surface area (Å²) in [5.74, 6) is 0.000923. The molecule has 1 unspecified atom stereocenters. The van der Waals surface area contributed by atoms with Gasteiger partial charge in [-0.2, -0.15) is 0 Å². The normalized spacial score (nSPS) is 16.3. The van der Waals surface area contributed by atoms with E-state index in [9.17, 15) is 9.59 Å². The van der Waals surface area contributed by atoms with E-state index in [-0.39, 0.29) is 11.9 Å². The predicted molar refractivity (Wildman–Crippen MR) is 80.1 cm³/mol. The Labute approximate surface area is 123 Å². The molecule has 0 radical (unpaired) electrons. The minimum Gasteiger partial charge on any atom is -0.353 e. The Balaban J connectivity index is 1.92. The van der Waals surface area contributed by atoms with E-state index in [1.807, 2.05) is 6.07 Å². The molecule has 1 aliphatic rings. The van der Waals surface area contributed by atoms with Crippen molar-refractivity contribution in [2.45, 2.75) is 25.8 Å². The van der Waals surface area contributed by atoms with Gasteiger partial charge >= 0.3 is 0 Å². The molecule has 21 heavy (non-hydrogen) atoms. The van der Waals surface area contributed by atoms with Crippen LogP contribution in [0.1, 0.15) is 28.4 Å². The van der Waals surface area contributed by atoms with Gasteiger partial charge in [-0.25, -0.2) is 0 Å². The smallest absolute Gasteiger partial charge is 0.217 e. The minimum absolute atomic E-state index is 0.000923. The zero-order valence-electron chi connectivity index (χ0n) is 11.8. The van der Waals surface area contributed by atoms with E-state index in [1.165, 1.54) is 11.1 Å². The summed E-state index contributed by atoms with van der Waals surface area (Å²) in [6.45, 7) is 1.54. The molecule has 4 nitrogen and oxygen atoms in total. The van der Waals surface area contributed by atoms with E-state index in [1.54, 1.807) is 25.3 Å². The molecule has 1 aromatic carbocycles. The highest BCUT2D eigenvalue weighted by molar-refractivity contribution is 5.85. The van der Waals surface area contributed by atoms with Crippen molar-refractivity contribution >= 4 is 12.2 Å². The molecule has 0 fully saturated rings. The average molecular weight is 280 g/mol. The number of carbonyl (C=O) groups excluding carboxylic acids is 2. The maximum atomic E-state index is 11.2. The van der Waals surface area contributed by atoms with Gasteiger partial charge in [0, 0.05) is 30.3 Å². The van der Waals surface area contributed by atoms with E-state index in [0.29, 0.717) is 11.3 Å². The van der Waals surface area contributed by atoms with Crippen molar-refractivity contribution in [3.8, 4) is 11.3 Å².